The highest BCUT2D eigenvalue weighted by Crippen LogP contribution is 2.39. The van der Waals surface area contributed by atoms with Crippen LogP contribution in [0.2, 0.25) is 0 Å². The van der Waals surface area contributed by atoms with Gasteiger partial charge < -0.3 is 14.6 Å². The molecule has 1 aromatic carbocycles. The molecule has 31 heavy (non-hydrogen) atoms. The van der Waals surface area contributed by atoms with E-state index in [1.807, 2.05) is 26.0 Å². The zero-order valence-corrected chi connectivity index (χ0v) is 18.5. The molecule has 1 N–H and O–H groups in total. The van der Waals surface area contributed by atoms with Gasteiger partial charge in [-0.25, -0.2) is 0 Å². The fourth-order valence-electron chi connectivity index (χ4n) is 3.70. The van der Waals surface area contributed by atoms with Crippen molar-refractivity contribution in [1.29, 1.82) is 0 Å². The summed E-state index contributed by atoms with van der Waals surface area (Å²) in [6.45, 7) is 3.71. The minimum absolute atomic E-state index is 0.0513. The quantitative estimate of drug-likeness (QED) is 0.208. The van der Waals surface area contributed by atoms with Crippen molar-refractivity contribution in [2.24, 2.45) is 11.8 Å². The second-order valence-corrected chi connectivity index (χ2v) is 8.68. The Balaban J connectivity index is 1.84. The van der Waals surface area contributed by atoms with Gasteiger partial charge in [-0.15, -0.1) is 11.6 Å². The molecule has 0 heterocycles. The number of carbonyl (C=O) groups is 1. The summed E-state index contributed by atoms with van der Waals surface area (Å²) in [5, 5.41) is 10.1. The third-order valence-corrected chi connectivity index (χ3v) is 5.77. The van der Waals surface area contributed by atoms with Crippen LogP contribution < -0.4 is 4.74 Å². The maximum absolute atomic E-state index is 12.9. The van der Waals surface area contributed by atoms with Crippen LogP contribution in [-0.2, 0) is 15.7 Å². The molecule has 0 aliphatic heterocycles. The molecular formula is C23H30ClF3O4. The molecule has 0 unspecified atom stereocenters. The molecule has 2 rings (SSSR count). The third-order valence-electron chi connectivity index (χ3n) is 5.27. The summed E-state index contributed by atoms with van der Waals surface area (Å²) in [4.78, 5) is 11.5. The van der Waals surface area contributed by atoms with Gasteiger partial charge in [-0.3, -0.25) is 4.79 Å². The number of unbranched alkanes of at least 4 members (excludes halogenated alkanes) is 1. The van der Waals surface area contributed by atoms with E-state index in [4.69, 9.17) is 21.1 Å². The highest BCUT2D eigenvalue weighted by Gasteiger charge is 2.41. The molecule has 1 saturated carbocycles. The average molecular weight is 463 g/mol. The Morgan fingerprint density at radius 2 is 2.03 bits per heavy atom. The zero-order valence-electron chi connectivity index (χ0n) is 17.8. The van der Waals surface area contributed by atoms with Gasteiger partial charge in [0.15, 0.2) is 0 Å². The average Bonchev–Trinajstić information content (AvgIpc) is 2.94. The number of hydrogen-bond donors (Lipinski definition) is 1. The number of aliphatic hydroxyl groups is 1. The minimum atomic E-state index is -4.44. The summed E-state index contributed by atoms with van der Waals surface area (Å²) >= 11 is 6.41. The highest BCUT2D eigenvalue weighted by atomic mass is 35.5. The molecule has 0 saturated heterocycles. The number of ether oxygens (including phenoxy) is 2. The maximum atomic E-state index is 12.9. The topological polar surface area (TPSA) is 55.8 Å². The summed E-state index contributed by atoms with van der Waals surface area (Å²) < 4.78 is 49.3. The molecule has 0 radical (unpaired) electrons. The summed E-state index contributed by atoms with van der Waals surface area (Å²) in [7, 11) is 0. The first kappa shape index (κ1) is 25.5. The highest BCUT2D eigenvalue weighted by molar-refractivity contribution is 6.21. The van der Waals surface area contributed by atoms with Crippen LogP contribution in [0.5, 0.6) is 5.75 Å². The lowest BCUT2D eigenvalue weighted by atomic mass is 9.92. The van der Waals surface area contributed by atoms with Gasteiger partial charge in [0.25, 0.3) is 0 Å². The molecule has 0 aromatic heterocycles. The number of halogens is 4. The Morgan fingerprint density at radius 1 is 1.29 bits per heavy atom. The van der Waals surface area contributed by atoms with Crippen molar-refractivity contribution in [1.82, 2.24) is 0 Å². The van der Waals surface area contributed by atoms with Gasteiger partial charge in [0.1, 0.15) is 5.75 Å². The number of esters is 1. The zero-order chi connectivity index (χ0) is 23.0. The van der Waals surface area contributed by atoms with E-state index < -0.39 is 17.8 Å². The van der Waals surface area contributed by atoms with Gasteiger partial charge in [-0.05, 0) is 63.6 Å². The van der Waals surface area contributed by atoms with Gasteiger partial charge in [-0.2, -0.15) is 13.2 Å². The Labute approximate surface area is 186 Å². The number of hydrogen-bond acceptors (Lipinski definition) is 4. The van der Waals surface area contributed by atoms with Crippen LogP contribution in [0.15, 0.2) is 36.4 Å². The van der Waals surface area contributed by atoms with E-state index in [0.717, 1.165) is 18.6 Å². The second kappa shape index (κ2) is 11.8. The lowest BCUT2D eigenvalue weighted by Crippen LogP contribution is -2.27. The molecule has 4 nitrogen and oxygen atoms in total. The van der Waals surface area contributed by atoms with Crippen LogP contribution in [0.4, 0.5) is 13.2 Å². The van der Waals surface area contributed by atoms with Gasteiger partial charge in [0.05, 0.1) is 24.4 Å². The van der Waals surface area contributed by atoms with Crippen molar-refractivity contribution in [3.63, 3.8) is 0 Å². The van der Waals surface area contributed by atoms with E-state index >= 15 is 0 Å². The van der Waals surface area contributed by atoms with E-state index in [0.29, 0.717) is 25.7 Å². The molecule has 4 atom stereocenters. The van der Waals surface area contributed by atoms with E-state index in [-0.39, 0.29) is 41.6 Å². The van der Waals surface area contributed by atoms with Crippen molar-refractivity contribution < 1.29 is 32.5 Å². The van der Waals surface area contributed by atoms with Crippen LogP contribution in [0.1, 0.15) is 51.5 Å². The van der Waals surface area contributed by atoms with Crippen LogP contribution in [-0.4, -0.2) is 35.3 Å². The van der Waals surface area contributed by atoms with Crippen molar-refractivity contribution in [3.05, 3.63) is 42.0 Å². The predicted octanol–water partition coefficient (Wildman–Crippen LogP) is 5.76. The monoisotopic (exact) mass is 462 g/mol. The van der Waals surface area contributed by atoms with E-state index in [1.165, 1.54) is 12.1 Å². The second-order valence-electron chi connectivity index (χ2n) is 8.12. The Morgan fingerprint density at radius 3 is 2.71 bits per heavy atom. The fourth-order valence-corrected chi connectivity index (χ4v) is 4.18. The molecule has 0 amide bonds. The lowest BCUT2D eigenvalue weighted by Gasteiger charge is -2.23. The van der Waals surface area contributed by atoms with Crippen LogP contribution >= 0.6 is 11.6 Å². The number of alkyl halides is 4. The Kier molecular flexibility index (Phi) is 9.69. The third kappa shape index (κ3) is 8.37. The molecule has 1 fully saturated rings. The van der Waals surface area contributed by atoms with E-state index in [2.05, 4.69) is 0 Å². The normalized spacial score (nSPS) is 24.1. The molecule has 1 aromatic rings. The van der Waals surface area contributed by atoms with Crippen molar-refractivity contribution in [2.45, 2.75) is 69.7 Å². The molecule has 0 spiro atoms. The Bertz CT molecular complexity index is 736. The number of benzene rings is 1. The lowest BCUT2D eigenvalue weighted by molar-refractivity contribution is -0.147. The van der Waals surface area contributed by atoms with Gasteiger partial charge in [-0.1, -0.05) is 18.2 Å². The van der Waals surface area contributed by atoms with Crippen molar-refractivity contribution in [2.75, 3.05) is 6.61 Å². The van der Waals surface area contributed by atoms with Gasteiger partial charge >= 0.3 is 12.1 Å². The number of rotatable bonds is 10. The SMILES string of the molecule is CC(C)OC(=O)CCCC=CC[C@@H]1[C@@H](COc2cccc(C(F)(F)F)c2)[C@H](O)C[C@H]1Cl. The Hall–Kier alpha value is -1.73. The first-order valence-electron chi connectivity index (χ1n) is 10.5. The van der Waals surface area contributed by atoms with E-state index in [1.54, 1.807) is 0 Å². The van der Waals surface area contributed by atoms with Crippen molar-refractivity contribution in [3.8, 4) is 5.75 Å². The summed E-state index contributed by atoms with van der Waals surface area (Å²) in [5.41, 5.74) is -0.774. The van der Waals surface area contributed by atoms with Crippen LogP contribution in [0.25, 0.3) is 0 Å². The smallest absolute Gasteiger partial charge is 0.416 e. The predicted molar refractivity (Wildman–Crippen MR) is 113 cm³/mol. The maximum Gasteiger partial charge on any atom is 0.416 e. The first-order valence-corrected chi connectivity index (χ1v) is 11.0. The van der Waals surface area contributed by atoms with E-state index in [9.17, 15) is 23.1 Å². The minimum Gasteiger partial charge on any atom is -0.493 e. The molecule has 174 valence electrons. The fraction of sp³-hybridized carbons (Fsp3) is 0.609. The number of aliphatic hydroxyl groups excluding tert-OH is 1. The largest absolute Gasteiger partial charge is 0.493 e. The summed E-state index contributed by atoms with van der Waals surface area (Å²) in [6, 6.07) is 4.71. The van der Waals surface area contributed by atoms with Crippen molar-refractivity contribution >= 4 is 17.6 Å². The molecule has 1 aliphatic carbocycles. The number of allylic oxidation sites excluding steroid dienone is 2. The molecule has 8 heteroatoms. The molecule has 1 aliphatic rings. The number of carbonyl (C=O) groups excluding carboxylic acids is 1. The van der Waals surface area contributed by atoms with Crippen LogP contribution in [0.3, 0.4) is 0 Å². The molecular weight excluding hydrogens is 433 g/mol. The van der Waals surface area contributed by atoms with Gasteiger partial charge in [0, 0.05) is 17.7 Å². The van der Waals surface area contributed by atoms with Crippen LogP contribution in [0, 0.1) is 11.8 Å². The summed E-state index contributed by atoms with van der Waals surface area (Å²) in [5.74, 6) is -0.426. The molecule has 0 bridgehead atoms. The van der Waals surface area contributed by atoms with Gasteiger partial charge in [0.2, 0.25) is 0 Å². The summed E-state index contributed by atoms with van der Waals surface area (Å²) in [6.07, 6.45) is 1.52. The standard InChI is InChI=1S/C23H30ClF3O4/c1-15(2)31-22(29)11-6-4-3-5-10-18-19(21(28)13-20(18)24)14-30-17-9-7-8-16(12-17)23(25,26)27/h3,5,7-9,12,15,18-21,28H,4,6,10-11,13-14H2,1-2H3/t18-,19-,20-,21-/m1/s1. The first-order chi connectivity index (χ1) is 14.6.